The van der Waals surface area contributed by atoms with E-state index in [2.05, 4.69) is 22.3 Å². The molecule has 3 aromatic carbocycles. The Bertz CT molecular complexity index is 1830. The number of nitrogens with one attached hydrogen (secondary N) is 1. The fraction of sp³-hybridized carbons (Fsp3) is 0.286. The number of hydrogen-bond acceptors (Lipinski definition) is 5. The number of nitrogens with zero attached hydrogens (tertiary/aromatic N) is 2. The van der Waals surface area contributed by atoms with Crippen LogP contribution in [-0.2, 0) is 17.8 Å². The van der Waals surface area contributed by atoms with E-state index in [0.717, 1.165) is 67.8 Å². The van der Waals surface area contributed by atoms with Crippen LogP contribution in [0.25, 0.3) is 11.0 Å². The molecule has 0 spiro atoms. The SMILES string of the molecule is O=C(N[C@@H](C=C1CCN(c2ccccc2CN2CCCC2=O)CC1)Cc1ccc(Cl)cc1)c1cc(=O)c2cc(F)cc(F)c2o1. The molecule has 1 N–H and O–H groups in total. The Morgan fingerprint density at radius 2 is 1.73 bits per heavy atom. The van der Waals surface area contributed by atoms with E-state index in [9.17, 15) is 23.2 Å². The maximum Gasteiger partial charge on any atom is 0.287 e. The minimum atomic E-state index is -1.06. The van der Waals surface area contributed by atoms with Crippen LogP contribution in [0.5, 0.6) is 0 Å². The van der Waals surface area contributed by atoms with Crippen molar-refractivity contribution in [2.45, 2.75) is 44.7 Å². The van der Waals surface area contributed by atoms with Crippen LogP contribution in [0.2, 0.25) is 5.02 Å². The Kier molecular flexibility index (Phi) is 8.98. The molecule has 7 nitrogen and oxygen atoms in total. The molecular weight excluding hydrogens is 600 g/mol. The highest BCUT2D eigenvalue weighted by Crippen LogP contribution is 2.29. The zero-order chi connectivity index (χ0) is 31.5. The molecule has 0 unspecified atom stereocenters. The number of carbonyl (C=O) groups is 2. The summed E-state index contributed by atoms with van der Waals surface area (Å²) in [6, 6.07) is 17.5. The Hall–Kier alpha value is -4.50. The van der Waals surface area contributed by atoms with Crippen LogP contribution >= 0.6 is 11.6 Å². The van der Waals surface area contributed by atoms with Gasteiger partial charge in [-0.3, -0.25) is 14.4 Å². The van der Waals surface area contributed by atoms with Crippen LogP contribution in [0.1, 0.15) is 47.4 Å². The molecule has 0 bridgehead atoms. The van der Waals surface area contributed by atoms with Crippen molar-refractivity contribution < 1.29 is 22.8 Å². The minimum absolute atomic E-state index is 0.199. The number of piperidine rings is 1. The summed E-state index contributed by atoms with van der Waals surface area (Å²) < 4.78 is 33.5. The van der Waals surface area contributed by atoms with Gasteiger partial charge in [-0.15, -0.1) is 0 Å². The molecule has 2 aliphatic rings. The van der Waals surface area contributed by atoms with Gasteiger partial charge in [0.2, 0.25) is 5.91 Å². The quantitative estimate of drug-likeness (QED) is 0.227. The number of hydrogen-bond donors (Lipinski definition) is 1. The third kappa shape index (κ3) is 7.09. The number of carbonyl (C=O) groups excluding carboxylic acids is 2. The molecule has 2 aliphatic heterocycles. The Morgan fingerprint density at radius 3 is 2.47 bits per heavy atom. The number of likely N-dealkylation sites (tertiary alicyclic amines) is 1. The lowest BCUT2D eigenvalue weighted by Crippen LogP contribution is -2.37. The Morgan fingerprint density at radius 1 is 0.978 bits per heavy atom. The van der Waals surface area contributed by atoms with Gasteiger partial charge in [0, 0.05) is 55.4 Å². The van der Waals surface area contributed by atoms with E-state index < -0.39 is 34.6 Å². The predicted molar refractivity (Wildman–Crippen MR) is 169 cm³/mol. The lowest BCUT2D eigenvalue weighted by molar-refractivity contribution is -0.128. The summed E-state index contributed by atoms with van der Waals surface area (Å²) in [7, 11) is 0. The first kappa shape index (κ1) is 30.5. The van der Waals surface area contributed by atoms with Gasteiger partial charge in [-0.05, 0) is 61.1 Å². The molecule has 0 saturated carbocycles. The molecule has 2 saturated heterocycles. The molecule has 1 aromatic heterocycles. The molecule has 0 aliphatic carbocycles. The molecule has 0 radical (unpaired) electrons. The van der Waals surface area contributed by atoms with Crippen molar-refractivity contribution in [1.82, 2.24) is 10.2 Å². The standard InChI is InChI=1S/C35H32ClF2N3O4/c36-25-9-7-22(8-10-25)16-27(39-35(44)32-20-31(42)28-18-26(37)19-29(38)34(28)45-32)17-23-11-14-40(15-12-23)30-5-2-1-4-24(30)21-41-13-3-6-33(41)43/h1-2,4-5,7-10,17-20,27H,3,6,11-16,21H2,(H,39,44)/t27-/m1/s1. The van der Waals surface area contributed by atoms with Crippen LogP contribution in [0.4, 0.5) is 14.5 Å². The fourth-order valence-electron chi connectivity index (χ4n) is 6.08. The van der Waals surface area contributed by atoms with Gasteiger partial charge in [-0.1, -0.05) is 53.6 Å². The molecular formula is C35H32ClF2N3O4. The van der Waals surface area contributed by atoms with Crippen LogP contribution in [0.15, 0.2) is 87.6 Å². The minimum Gasteiger partial charge on any atom is -0.448 e. The van der Waals surface area contributed by atoms with Crippen molar-refractivity contribution in [3.05, 3.63) is 122 Å². The van der Waals surface area contributed by atoms with Crippen molar-refractivity contribution >= 4 is 40.1 Å². The number of para-hydroxylation sites is 1. The van der Waals surface area contributed by atoms with Gasteiger partial charge >= 0.3 is 0 Å². The van der Waals surface area contributed by atoms with E-state index in [0.29, 0.717) is 30.5 Å². The van der Waals surface area contributed by atoms with Crippen molar-refractivity contribution in [3.63, 3.8) is 0 Å². The highest BCUT2D eigenvalue weighted by atomic mass is 35.5. The maximum atomic E-state index is 14.4. The summed E-state index contributed by atoms with van der Waals surface area (Å²) in [5.74, 6) is -2.81. The number of halogens is 3. The third-order valence-corrected chi connectivity index (χ3v) is 8.62. The topological polar surface area (TPSA) is 82.9 Å². The van der Waals surface area contributed by atoms with Gasteiger partial charge in [-0.2, -0.15) is 0 Å². The zero-order valence-electron chi connectivity index (χ0n) is 24.5. The second-order valence-corrected chi connectivity index (χ2v) is 11.9. The van der Waals surface area contributed by atoms with Crippen molar-refractivity contribution in [2.75, 3.05) is 24.5 Å². The normalized spacial score (nSPS) is 15.9. The zero-order valence-corrected chi connectivity index (χ0v) is 25.3. The average Bonchev–Trinajstić information content (AvgIpc) is 3.43. The molecule has 10 heteroatoms. The van der Waals surface area contributed by atoms with E-state index in [4.69, 9.17) is 16.0 Å². The molecule has 45 heavy (non-hydrogen) atoms. The maximum absolute atomic E-state index is 14.4. The smallest absolute Gasteiger partial charge is 0.287 e. The number of benzene rings is 3. The fourth-order valence-corrected chi connectivity index (χ4v) is 6.20. The summed E-state index contributed by atoms with van der Waals surface area (Å²) in [5, 5.41) is 3.25. The largest absolute Gasteiger partial charge is 0.448 e. The van der Waals surface area contributed by atoms with E-state index in [1.54, 1.807) is 12.1 Å². The highest BCUT2D eigenvalue weighted by molar-refractivity contribution is 6.30. The number of rotatable bonds is 8. The Labute approximate surface area is 264 Å². The number of fused-ring (bicyclic) bond motifs is 1. The van der Waals surface area contributed by atoms with Crippen molar-refractivity contribution in [2.24, 2.45) is 0 Å². The second-order valence-electron chi connectivity index (χ2n) is 11.5. The van der Waals surface area contributed by atoms with Gasteiger partial charge in [0.15, 0.2) is 22.6 Å². The van der Waals surface area contributed by atoms with E-state index in [1.165, 1.54) is 5.57 Å². The molecule has 2 amide bonds. The van der Waals surface area contributed by atoms with Crippen molar-refractivity contribution in [1.29, 1.82) is 0 Å². The van der Waals surface area contributed by atoms with Gasteiger partial charge in [-0.25, -0.2) is 8.78 Å². The van der Waals surface area contributed by atoms with Crippen LogP contribution in [0, 0.1) is 11.6 Å². The van der Waals surface area contributed by atoms with Crippen molar-refractivity contribution in [3.8, 4) is 0 Å². The van der Waals surface area contributed by atoms with Gasteiger partial charge in [0.05, 0.1) is 11.4 Å². The average molecular weight is 632 g/mol. The van der Waals surface area contributed by atoms with Crippen LogP contribution in [0.3, 0.4) is 0 Å². The van der Waals surface area contributed by atoms with Gasteiger partial charge in [0.25, 0.3) is 5.91 Å². The third-order valence-electron chi connectivity index (χ3n) is 8.36. The number of anilines is 1. The molecule has 3 heterocycles. The lowest BCUT2D eigenvalue weighted by Gasteiger charge is -2.33. The number of amides is 2. The molecule has 2 fully saturated rings. The summed E-state index contributed by atoms with van der Waals surface area (Å²) in [5.41, 5.74) is 3.17. The summed E-state index contributed by atoms with van der Waals surface area (Å²) in [6.07, 6.45) is 5.53. The monoisotopic (exact) mass is 631 g/mol. The summed E-state index contributed by atoms with van der Waals surface area (Å²) in [4.78, 5) is 42.4. The van der Waals surface area contributed by atoms with Crippen LogP contribution in [-0.4, -0.2) is 42.4 Å². The lowest BCUT2D eigenvalue weighted by atomic mass is 9.97. The first-order valence-corrected chi connectivity index (χ1v) is 15.4. The molecule has 232 valence electrons. The molecule has 6 rings (SSSR count). The van der Waals surface area contributed by atoms with Gasteiger partial charge in [0.1, 0.15) is 5.82 Å². The van der Waals surface area contributed by atoms with E-state index >= 15 is 0 Å². The highest BCUT2D eigenvalue weighted by Gasteiger charge is 2.24. The first-order chi connectivity index (χ1) is 21.7. The van der Waals surface area contributed by atoms with E-state index in [-0.39, 0.29) is 17.1 Å². The van der Waals surface area contributed by atoms with Gasteiger partial charge < -0.3 is 19.5 Å². The molecule has 1 atom stereocenters. The first-order valence-electron chi connectivity index (χ1n) is 15.0. The second kappa shape index (κ2) is 13.2. The predicted octanol–water partition coefficient (Wildman–Crippen LogP) is 6.41. The summed E-state index contributed by atoms with van der Waals surface area (Å²) in [6.45, 7) is 2.94. The van der Waals surface area contributed by atoms with E-state index in [1.807, 2.05) is 35.2 Å². The molecule has 4 aromatic rings. The Balaban J connectivity index is 1.20. The van der Waals surface area contributed by atoms with Crippen LogP contribution < -0.4 is 15.6 Å². The summed E-state index contributed by atoms with van der Waals surface area (Å²) >= 11 is 6.08.